The second-order valence-electron chi connectivity index (χ2n) is 3.91. The van der Waals surface area contributed by atoms with Gasteiger partial charge in [0.15, 0.2) is 0 Å². The minimum atomic E-state index is 0.248. The van der Waals surface area contributed by atoms with E-state index < -0.39 is 0 Å². The average Bonchev–Trinajstić information content (AvgIpc) is 2.66. The highest BCUT2D eigenvalue weighted by Crippen LogP contribution is 2.19. The molecule has 88 valence electrons. The molecule has 0 amide bonds. The number of nitrogens with zero attached hydrogens (tertiary/aromatic N) is 1. The molecule has 4 heteroatoms. The molecule has 2 heterocycles. The van der Waals surface area contributed by atoms with Gasteiger partial charge in [0.1, 0.15) is 5.82 Å². The Kier molecular flexibility index (Phi) is 3.62. The van der Waals surface area contributed by atoms with Crippen LogP contribution in [0.25, 0.3) is 0 Å². The number of hydrogen-bond donors (Lipinski definition) is 1. The van der Waals surface area contributed by atoms with Crippen molar-refractivity contribution in [3.05, 3.63) is 18.2 Å². The van der Waals surface area contributed by atoms with Crippen molar-refractivity contribution >= 4 is 5.82 Å². The van der Waals surface area contributed by atoms with Crippen LogP contribution in [0.1, 0.15) is 20.3 Å². The Morgan fingerprint density at radius 2 is 2.44 bits per heavy atom. The zero-order chi connectivity index (χ0) is 11.4. The van der Waals surface area contributed by atoms with Crippen LogP contribution in [0.2, 0.25) is 0 Å². The van der Waals surface area contributed by atoms with Crippen LogP contribution in [0.15, 0.2) is 18.2 Å². The van der Waals surface area contributed by atoms with E-state index in [9.17, 15) is 0 Å². The first kappa shape index (κ1) is 11.2. The smallest absolute Gasteiger partial charge is 0.215 e. The van der Waals surface area contributed by atoms with E-state index >= 15 is 0 Å². The van der Waals surface area contributed by atoms with E-state index in [1.165, 1.54) is 0 Å². The quantitative estimate of drug-likeness (QED) is 0.847. The topological polar surface area (TPSA) is 43.4 Å². The zero-order valence-electron chi connectivity index (χ0n) is 9.77. The van der Waals surface area contributed by atoms with Gasteiger partial charge in [-0.25, -0.2) is 0 Å². The molecule has 2 unspecified atom stereocenters. The van der Waals surface area contributed by atoms with Gasteiger partial charge in [0.2, 0.25) is 5.88 Å². The lowest BCUT2D eigenvalue weighted by atomic mass is 10.1. The van der Waals surface area contributed by atoms with Crippen molar-refractivity contribution in [1.29, 1.82) is 0 Å². The summed E-state index contributed by atoms with van der Waals surface area (Å²) in [4.78, 5) is 4.37. The molecule has 2 atom stereocenters. The van der Waals surface area contributed by atoms with Gasteiger partial charge in [-0.05, 0) is 26.3 Å². The van der Waals surface area contributed by atoms with E-state index in [0.717, 1.165) is 18.8 Å². The van der Waals surface area contributed by atoms with Crippen molar-refractivity contribution < 1.29 is 9.47 Å². The normalized spacial score (nSPS) is 24.4. The monoisotopic (exact) mass is 222 g/mol. The molecule has 2 rings (SSSR count). The van der Waals surface area contributed by atoms with Crippen molar-refractivity contribution in [2.24, 2.45) is 0 Å². The summed E-state index contributed by atoms with van der Waals surface area (Å²) in [6.07, 6.45) is 1.28. The summed E-state index contributed by atoms with van der Waals surface area (Å²) in [5, 5.41) is 3.37. The van der Waals surface area contributed by atoms with Crippen LogP contribution in [0.4, 0.5) is 5.82 Å². The van der Waals surface area contributed by atoms with E-state index in [4.69, 9.17) is 9.47 Å². The number of rotatable bonds is 4. The van der Waals surface area contributed by atoms with Crippen LogP contribution in [-0.2, 0) is 4.74 Å². The van der Waals surface area contributed by atoms with Gasteiger partial charge in [0.05, 0.1) is 18.8 Å². The van der Waals surface area contributed by atoms with Crippen LogP contribution in [0, 0.1) is 0 Å². The van der Waals surface area contributed by atoms with E-state index in [2.05, 4.69) is 17.2 Å². The van der Waals surface area contributed by atoms with Gasteiger partial charge in [0, 0.05) is 12.7 Å². The molecule has 0 aromatic carbocycles. The molecule has 1 aromatic heterocycles. The van der Waals surface area contributed by atoms with Gasteiger partial charge >= 0.3 is 0 Å². The van der Waals surface area contributed by atoms with Gasteiger partial charge in [-0.3, -0.25) is 0 Å². The second-order valence-corrected chi connectivity index (χ2v) is 3.91. The van der Waals surface area contributed by atoms with E-state index in [1.54, 1.807) is 0 Å². The third-order valence-electron chi connectivity index (χ3n) is 2.73. The molecule has 1 saturated heterocycles. The van der Waals surface area contributed by atoms with Gasteiger partial charge in [-0.1, -0.05) is 6.07 Å². The van der Waals surface area contributed by atoms with Gasteiger partial charge in [0.25, 0.3) is 0 Å². The lowest BCUT2D eigenvalue weighted by Crippen LogP contribution is -2.27. The largest absolute Gasteiger partial charge is 0.478 e. The van der Waals surface area contributed by atoms with Crippen molar-refractivity contribution in [2.45, 2.75) is 32.4 Å². The number of hydrogen-bond acceptors (Lipinski definition) is 4. The maximum Gasteiger partial charge on any atom is 0.215 e. The molecular weight excluding hydrogens is 204 g/mol. The predicted molar refractivity (Wildman–Crippen MR) is 62.8 cm³/mol. The highest BCUT2D eigenvalue weighted by atomic mass is 16.5. The summed E-state index contributed by atoms with van der Waals surface area (Å²) in [6.45, 7) is 5.50. The van der Waals surface area contributed by atoms with Crippen molar-refractivity contribution in [3.8, 4) is 5.88 Å². The highest BCUT2D eigenvalue weighted by molar-refractivity contribution is 5.38. The Bertz CT molecular complexity index is 344. The molecule has 16 heavy (non-hydrogen) atoms. The summed E-state index contributed by atoms with van der Waals surface area (Å²) in [7, 11) is 0. The molecular formula is C12H18N2O2. The maximum absolute atomic E-state index is 5.49. The van der Waals surface area contributed by atoms with Crippen molar-refractivity contribution in [2.75, 3.05) is 18.5 Å². The number of nitrogens with one attached hydrogen (secondary N) is 1. The number of anilines is 1. The molecule has 0 radical (unpaired) electrons. The summed E-state index contributed by atoms with van der Waals surface area (Å²) in [5.41, 5.74) is 0. The number of ether oxygens (including phenoxy) is 2. The molecule has 0 saturated carbocycles. The van der Waals surface area contributed by atoms with Gasteiger partial charge in [-0.15, -0.1) is 0 Å². The fourth-order valence-electron chi connectivity index (χ4n) is 1.83. The minimum Gasteiger partial charge on any atom is -0.478 e. The number of aromatic nitrogens is 1. The Morgan fingerprint density at radius 1 is 1.56 bits per heavy atom. The van der Waals surface area contributed by atoms with Crippen molar-refractivity contribution in [3.63, 3.8) is 0 Å². The van der Waals surface area contributed by atoms with Crippen LogP contribution in [-0.4, -0.2) is 30.3 Å². The Balaban J connectivity index is 2.00. The van der Waals surface area contributed by atoms with Crippen LogP contribution in [0.3, 0.4) is 0 Å². The molecule has 0 bridgehead atoms. The Hall–Kier alpha value is -1.29. The standard InChI is InChI=1S/C12H18N2O2/c1-3-15-12-6-4-5-11(14-12)13-10-7-8-16-9(10)2/h4-6,9-10H,3,7-8H2,1-2H3,(H,13,14). The zero-order valence-corrected chi connectivity index (χ0v) is 9.77. The number of pyridine rings is 1. The fraction of sp³-hybridized carbons (Fsp3) is 0.583. The average molecular weight is 222 g/mol. The fourth-order valence-corrected chi connectivity index (χ4v) is 1.83. The van der Waals surface area contributed by atoms with Gasteiger partial charge < -0.3 is 14.8 Å². The maximum atomic E-state index is 5.49. The van der Waals surface area contributed by atoms with Crippen molar-refractivity contribution in [1.82, 2.24) is 4.98 Å². The van der Waals surface area contributed by atoms with Gasteiger partial charge in [-0.2, -0.15) is 4.98 Å². The first-order valence-corrected chi connectivity index (χ1v) is 5.77. The lowest BCUT2D eigenvalue weighted by Gasteiger charge is -2.16. The molecule has 1 fully saturated rings. The Labute approximate surface area is 96.0 Å². The Morgan fingerprint density at radius 3 is 3.12 bits per heavy atom. The third kappa shape index (κ3) is 2.64. The summed E-state index contributed by atoms with van der Waals surface area (Å²) < 4.78 is 10.8. The molecule has 1 N–H and O–H groups in total. The van der Waals surface area contributed by atoms with E-state index in [1.807, 2.05) is 25.1 Å². The molecule has 0 spiro atoms. The van der Waals surface area contributed by atoms with Crippen LogP contribution >= 0.6 is 0 Å². The first-order chi connectivity index (χ1) is 7.79. The predicted octanol–water partition coefficient (Wildman–Crippen LogP) is 2.07. The summed E-state index contributed by atoms with van der Waals surface area (Å²) in [5.74, 6) is 1.52. The summed E-state index contributed by atoms with van der Waals surface area (Å²) in [6, 6.07) is 6.11. The van der Waals surface area contributed by atoms with Crippen LogP contribution < -0.4 is 10.1 Å². The molecule has 0 aliphatic carbocycles. The first-order valence-electron chi connectivity index (χ1n) is 5.77. The minimum absolute atomic E-state index is 0.248. The molecule has 4 nitrogen and oxygen atoms in total. The SMILES string of the molecule is CCOc1cccc(NC2CCOC2C)n1. The van der Waals surface area contributed by atoms with Crippen LogP contribution in [0.5, 0.6) is 5.88 Å². The van der Waals surface area contributed by atoms with E-state index in [0.29, 0.717) is 18.5 Å². The molecule has 1 aliphatic rings. The molecule has 1 aromatic rings. The highest BCUT2D eigenvalue weighted by Gasteiger charge is 2.24. The lowest BCUT2D eigenvalue weighted by molar-refractivity contribution is 0.121. The molecule has 1 aliphatic heterocycles. The summed E-state index contributed by atoms with van der Waals surface area (Å²) >= 11 is 0. The van der Waals surface area contributed by atoms with E-state index in [-0.39, 0.29) is 6.10 Å². The third-order valence-corrected chi connectivity index (χ3v) is 2.73. The second kappa shape index (κ2) is 5.16.